The van der Waals surface area contributed by atoms with Crippen LogP contribution in [0.25, 0.3) is 0 Å². The number of nitrogens with zero attached hydrogens (tertiary/aromatic N) is 1. The predicted octanol–water partition coefficient (Wildman–Crippen LogP) is 4.68. The van der Waals surface area contributed by atoms with Gasteiger partial charge in [0.15, 0.2) is 0 Å². The predicted molar refractivity (Wildman–Crippen MR) is 116 cm³/mol. The van der Waals surface area contributed by atoms with E-state index in [0.717, 1.165) is 16.9 Å². The first kappa shape index (κ1) is 22.1. The van der Waals surface area contributed by atoms with Gasteiger partial charge >= 0.3 is 0 Å². The monoisotopic (exact) mass is 397 g/mol. The van der Waals surface area contributed by atoms with E-state index < -0.39 is 5.54 Å². The molecule has 28 heavy (non-hydrogen) atoms. The summed E-state index contributed by atoms with van der Waals surface area (Å²) < 4.78 is 0. The lowest BCUT2D eigenvalue weighted by atomic mass is 9.90. The first-order chi connectivity index (χ1) is 13.2. The first-order valence-corrected chi connectivity index (χ1v) is 10.7. The van der Waals surface area contributed by atoms with Crippen molar-refractivity contribution in [3.8, 4) is 6.07 Å². The highest BCUT2D eigenvalue weighted by atomic mass is 32.1. The van der Waals surface area contributed by atoms with E-state index in [1.54, 1.807) is 18.3 Å². The van der Waals surface area contributed by atoms with E-state index >= 15 is 0 Å². The molecule has 0 aliphatic rings. The van der Waals surface area contributed by atoms with Gasteiger partial charge in [-0.25, -0.2) is 0 Å². The number of amides is 1. The van der Waals surface area contributed by atoms with Crippen LogP contribution < -0.4 is 10.6 Å². The van der Waals surface area contributed by atoms with Crippen molar-refractivity contribution in [1.82, 2.24) is 10.6 Å². The molecular weight excluding hydrogens is 366 g/mol. The number of nitriles is 1. The molecule has 0 saturated heterocycles. The number of benzene rings is 1. The van der Waals surface area contributed by atoms with E-state index in [4.69, 9.17) is 0 Å². The lowest BCUT2D eigenvalue weighted by Crippen LogP contribution is -2.51. The fourth-order valence-electron chi connectivity index (χ4n) is 2.99. The van der Waals surface area contributed by atoms with Crippen molar-refractivity contribution in [3.05, 3.63) is 57.8 Å². The molecule has 0 saturated carbocycles. The Morgan fingerprint density at radius 2 is 1.86 bits per heavy atom. The minimum absolute atomic E-state index is 0.0306. The molecule has 0 aliphatic carbocycles. The zero-order valence-corrected chi connectivity index (χ0v) is 18.3. The molecule has 2 aromatic rings. The van der Waals surface area contributed by atoms with Crippen LogP contribution in [0.3, 0.4) is 0 Å². The van der Waals surface area contributed by atoms with Crippen LogP contribution in [0.15, 0.2) is 41.8 Å². The Bertz CT molecular complexity index is 790. The molecule has 0 aliphatic heterocycles. The standard InChI is InChI=1S/C23H31N3OS/c1-16(2)13-18-8-10-19(11-9-18)22(20-7-6-12-28-20)25-14-21(27)26-23(5,15-24)17(3)4/h6-12,16-17,22,25H,13-14H2,1-5H3,(H,26,27)/t22-,23+/m0/s1. The second-order valence-corrected chi connectivity index (χ2v) is 9.17. The second kappa shape index (κ2) is 9.86. The number of carbonyl (C=O) groups excluding carboxylic acids is 1. The Labute approximate surface area is 173 Å². The van der Waals surface area contributed by atoms with Crippen LogP contribution in [-0.4, -0.2) is 18.0 Å². The molecule has 4 nitrogen and oxygen atoms in total. The highest BCUT2D eigenvalue weighted by Gasteiger charge is 2.30. The summed E-state index contributed by atoms with van der Waals surface area (Å²) in [7, 11) is 0. The van der Waals surface area contributed by atoms with Crippen LogP contribution in [0.4, 0.5) is 0 Å². The van der Waals surface area contributed by atoms with Crippen LogP contribution in [0.1, 0.15) is 56.7 Å². The summed E-state index contributed by atoms with van der Waals surface area (Å²) >= 11 is 1.67. The highest BCUT2D eigenvalue weighted by Crippen LogP contribution is 2.26. The van der Waals surface area contributed by atoms with Crippen molar-refractivity contribution in [3.63, 3.8) is 0 Å². The average molecular weight is 398 g/mol. The Morgan fingerprint density at radius 3 is 2.36 bits per heavy atom. The van der Waals surface area contributed by atoms with Gasteiger partial charge in [0.1, 0.15) is 5.54 Å². The molecule has 2 rings (SSSR count). The van der Waals surface area contributed by atoms with Gasteiger partial charge in [-0.15, -0.1) is 11.3 Å². The third-order valence-electron chi connectivity index (χ3n) is 5.04. The van der Waals surface area contributed by atoms with Crippen molar-refractivity contribution in [1.29, 1.82) is 5.26 Å². The summed E-state index contributed by atoms with van der Waals surface area (Å²) in [5.41, 5.74) is 1.59. The number of nitrogens with one attached hydrogen (secondary N) is 2. The molecule has 150 valence electrons. The number of carbonyl (C=O) groups is 1. The lowest BCUT2D eigenvalue weighted by molar-refractivity contribution is -0.121. The Balaban J connectivity index is 2.11. The van der Waals surface area contributed by atoms with Crippen LogP contribution in [-0.2, 0) is 11.2 Å². The molecule has 5 heteroatoms. The molecule has 0 unspecified atom stereocenters. The van der Waals surface area contributed by atoms with Gasteiger partial charge in [0.2, 0.25) is 5.91 Å². The molecule has 0 radical (unpaired) electrons. The molecule has 0 fully saturated rings. The Kier molecular flexibility index (Phi) is 7.79. The SMILES string of the molecule is CC(C)Cc1ccc([C@H](NCC(=O)N[C@](C)(C#N)C(C)C)c2cccs2)cc1. The number of thiophene rings is 1. The number of rotatable bonds is 9. The fraction of sp³-hybridized carbons (Fsp3) is 0.478. The van der Waals surface area contributed by atoms with Gasteiger partial charge in [-0.05, 0) is 47.8 Å². The molecule has 1 aromatic heterocycles. The van der Waals surface area contributed by atoms with Gasteiger partial charge in [0.25, 0.3) is 0 Å². The van der Waals surface area contributed by atoms with E-state index in [1.807, 2.05) is 25.3 Å². The molecule has 2 N–H and O–H groups in total. The van der Waals surface area contributed by atoms with E-state index in [-0.39, 0.29) is 24.4 Å². The topological polar surface area (TPSA) is 64.9 Å². The second-order valence-electron chi connectivity index (χ2n) is 8.19. The van der Waals surface area contributed by atoms with Crippen molar-refractivity contribution in [2.24, 2.45) is 11.8 Å². The molecule has 1 aromatic carbocycles. The number of hydrogen-bond acceptors (Lipinski definition) is 4. The third-order valence-corrected chi connectivity index (χ3v) is 5.97. The fourth-order valence-corrected chi connectivity index (χ4v) is 3.81. The van der Waals surface area contributed by atoms with Gasteiger partial charge in [0.05, 0.1) is 18.7 Å². The van der Waals surface area contributed by atoms with Crippen molar-refractivity contribution in [2.75, 3.05) is 6.54 Å². The lowest BCUT2D eigenvalue weighted by Gasteiger charge is -2.28. The van der Waals surface area contributed by atoms with Crippen LogP contribution in [0, 0.1) is 23.2 Å². The highest BCUT2D eigenvalue weighted by molar-refractivity contribution is 7.10. The maximum atomic E-state index is 12.5. The molecule has 0 bridgehead atoms. The largest absolute Gasteiger partial charge is 0.337 e. The van der Waals surface area contributed by atoms with Gasteiger partial charge in [-0.2, -0.15) is 5.26 Å². The Morgan fingerprint density at radius 1 is 1.18 bits per heavy atom. The minimum Gasteiger partial charge on any atom is -0.337 e. The number of hydrogen-bond donors (Lipinski definition) is 2. The summed E-state index contributed by atoms with van der Waals surface area (Å²) in [4.78, 5) is 13.6. The van der Waals surface area contributed by atoms with Gasteiger partial charge in [-0.3, -0.25) is 10.1 Å². The smallest absolute Gasteiger partial charge is 0.235 e. The summed E-state index contributed by atoms with van der Waals surface area (Å²) in [5.74, 6) is 0.481. The Hall–Kier alpha value is -2.16. The molecular formula is C23H31N3OS. The van der Waals surface area contributed by atoms with Crippen LogP contribution in [0.2, 0.25) is 0 Å². The van der Waals surface area contributed by atoms with Crippen LogP contribution >= 0.6 is 11.3 Å². The average Bonchev–Trinajstić information content (AvgIpc) is 3.17. The first-order valence-electron chi connectivity index (χ1n) is 9.83. The molecule has 1 amide bonds. The van der Waals surface area contributed by atoms with Gasteiger partial charge in [-0.1, -0.05) is 58.0 Å². The zero-order valence-electron chi connectivity index (χ0n) is 17.5. The molecule has 0 spiro atoms. The minimum atomic E-state index is -0.865. The maximum Gasteiger partial charge on any atom is 0.235 e. The third kappa shape index (κ3) is 5.92. The van der Waals surface area contributed by atoms with E-state index in [1.165, 1.54) is 5.56 Å². The summed E-state index contributed by atoms with van der Waals surface area (Å²) in [6, 6.07) is 14.9. The van der Waals surface area contributed by atoms with Crippen LogP contribution in [0.5, 0.6) is 0 Å². The van der Waals surface area contributed by atoms with Gasteiger partial charge < -0.3 is 5.32 Å². The van der Waals surface area contributed by atoms with Gasteiger partial charge in [0, 0.05) is 4.88 Å². The zero-order chi connectivity index (χ0) is 20.7. The molecule has 2 atom stereocenters. The normalized spacial score (nSPS) is 14.5. The van der Waals surface area contributed by atoms with E-state index in [0.29, 0.717) is 5.92 Å². The van der Waals surface area contributed by atoms with E-state index in [9.17, 15) is 10.1 Å². The maximum absolute atomic E-state index is 12.5. The van der Waals surface area contributed by atoms with Crippen molar-refractivity contribution < 1.29 is 4.79 Å². The summed E-state index contributed by atoms with van der Waals surface area (Å²) in [5, 5.41) is 17.7. The van der Waals surface area contributed by atoms with E-state index in [2.05, 4.69) is 60.9 Å². The van der Waals surface area contributed by atoms with Crippen molar-refractivity contribution >= 4 is 17.2 Å². The summed E-state index contributed by atoms with van der Waals surface area (Å²) in [6.45, 7) is 10.2. The van der Waals surface area contributed by atoms with Crippen molar-refractivity contribution in [2.45, 2.75) is 52.6 Å². The molecule has 1 heterocycles. The summed E-state index contributed by atoms with van der Waals surface area (Å²) in [6.07, 6.45) is 1.06. The quantitative estimate of drug-likeness (QED) is 0.646.